The molecule has 0 bridgehead atoms. The van der Waals surface area contributed by atoms with E-state index in [4.69, 9.17) is 5.73 Å². The van der Waals surface area contributed by atoms with Gasteiger partial charge in [0.2, 0.25) is 0 Å². The van der Waals surface area contributed by atoms with Crippen LogP contribution in [0.25, 0.3) is 5.65 Å². The predicted molar refractivity (Wildman–Crippen MR) is 72.2 cm³/mol. The first-order chi connectivity index (χ1) is 9.20. The minimum absolute atomic E-state index is 0.279. The molecule has 1 saturated heterocycles. The number of nitrogens with one attached hydrogen (secondary N) is 1. The Labute approximate surface area is 110 Å². The van der Waals surface area contributed by atoms with Gasteiger partial charge in [0, 0.05) is 19.1 Å². The first kappa shape index (κ1) is 12.2. The van der Waals surface area contributed by atoms with E-state index in [1.54, 1.807) is 6.07 Å². The number of H-pyrrole nitrogens is 1. The molecule has 3 rings (SSSR count). The zero-order valence-corrected chi connectivity index (χ0v) is 10.9. The monoisotopic (exact) mass is 262 g/mol. The van der Waals surface area contributed by atoms with Crippen LogP contribution < -0.4 is 16.3 Å². The average Bonchev–Trinajstić information content (AvgIpc) is 2.80. The van der Waals surface area contributed by atoms with Crippen molar-refractivity contribution in [1.82, 2.24) is 19.8 Å². The molecule has 3 N–H and O–H groups in total. The minimum Gasteiger partial charge on any atom is -0.351 e. The highest BCUT2D eigenvalue weighted by atomic mass is 16.2. The number of nitrogens with zero attached hydrogens (tertiary/aromatic N) is 4. The third-order valence-corrected chi connectivity index (χ3v) is 3.91. The fraction of sp³-hybridized carbons (Fsp3) is 0.583. The van der Waals surface area contributed by atoms with Gasteiger partial charge in [-0.1, -0.05) is 6.92 Å². The average molecular weight is 262 g/mol. The molecule has 7 nitrogen and oxygen atoms in total. The van der Waals surface area contributed by atoms with E-state index in [-0.39, 0.29) is 11.7 Å². The van der Waals surface area contributed by atoms with Crippen LogP contribution in [0.5, 0.6) is 0 Å². The molecule has 19 heavy (non-hydrogen) atoms. The largest absolute Gasteiger partial charge is 0.364 e. The molecule has 1 fully saturated rings. The first-order valence-corrected chi connectivity index (χ1v) is 6.62. The summed E-state index contributed by atoms with van der Waals surface area (Å²) in [7, 11) is 0. The number of hydrogen-bond acceptors (Lipinski definition) is 5. The van der Waals surface area contributed by atoms with E-state index in [2.05, 4.69) is 27.1 Å². The van der Waals surface area contributed by atoms with E-state index in [1.165, 1.54) is 10.9 Å². The third kappa shape index (κ3) is 1.99. The number of aromatic amines is 1. The Balaban J connectivity index is 2.02. The zero-order chi connectivity index (χ0) is 13.4. The van der Waals surface area contributed by atoms with Crippen molar-refractivity contribution in [2.45, 2.75) is 25.8 Å². The standard InChI is InChI=1S/C12H18N6O/c1-8-3-2-6-17(9(8)7-13)11-5-4-10-14-15-12(19)18(10)16-11/h4-5,8-9H,2-3,6-7,13H2,1H3,(H,15,19). The zero-order valence-electron chi connectivity index (χ0n) is 10.9. The lowest BCUT2D eigenvalue weighted by atomic mass is 9.91. The Hall–Kier alpha value is -1.89. The number of rotatable bonds is 2. The molecular formula is C12H18N6O. The number of anilines is 1. The maximum atomic E-state index is 11.6. The van der Waals surface area contributed by atoms with Gasteiger partial charge in [-0.05, 0) is 30.9 Å². The third-order valence-electron chi connectivity index (χ3n) is 3.91. The highest BCUT2D eigenvalue weighted by Gasteiger charge is 2.28. The van der Waals surface area contributed by atoms with Crippen molar-refractivity contribution in [3.63, 3.8) is 0 Å². The van der Waals surface area contributed by atoms with Crippen molar-refractivity contribution in [3.8, 4) is 0 Å². The first-order valence-electron chi connectivity index (χ1n) is 6.62. The second kappa shape index (κ2) is 4.65. The Morgan fingerprint density at radius 1 is 1.53 bits per heavy atom. The van der Waals surface area contributed by atoms with Crippen LogP contribution in [0, 0.1) is 5.92 Å². The molecule has 2 aromatic heterocycles. The van der Waals surface area contributed by atoms with Gasteiger partial charge in [-0.15, -0.1) is 5.10 Å². The normalized spacial score (nSPS) is 24.0. The van der Waals surface area contributed by atoms with Gasteiger partial charge >= 0.3 is 5.69 Å². The van der Waals surface area contributed by atoms with Crippen LogP contribution in [0.4, 0.5) is 5.82 Å². The van der Waals surface area contributed by atoms with Crippen LogP contribution in [-0.4, -0.2) is 38.9 Å². The molecule has 2 aromatic rings. The van der Waals surface area contributed by atoms with Gasteiger partial charge in [0.05, 0.1) is 0 Å². The summed E-state index contributed by atoms with van der Waals surface area (Å²) < 4.78 is 1.29. The summed E-state index contributed by atoms with van der Waals surface area (Å²) >= 11 is 0. The number of nitrogens with two attached hydrogens (primary N) is 1. The Morgan fingerprint density at radius 2 is 2.37 bits per heavy atom. The van der Waals surface area contributed by atoms with Gasteiger partial charge in [-0.25, -0.2) is 9.89 Å². The van der Waals surface area contributed by atoms with E-state index < -0.39 is 0 Å². The molecule has 0 aliphatic carbocycles. The van der Waals surface area contributed by atoms with Crippen molar-refractivity contribution in [3.05, 3.63) is 22.6 Å². The smallest absolute Gasteiger partial charge is 0.351 e. The van der Waals surface area contributed by atoms with E-state index in [1.807, 2.05) is 6.07 Å². The minimum atomic E-state index is -0.314. The number of piperidine rings is 1. The number of hydrogen-bond donors (Lipinski definition) is 2. The van der Waals surface area contributed by atoms with Crippen molar-refractivity contribution in [1.29, 1.82) is 0 Å². The lowest BCUT2D eigenvalue weighted by Gasteiger charge is -2.40. The second-order valence-electron chi connectivity index (χ2n) is 5.11. The quantitative estimate of drug-likeness (QED) is 0.793. The highest BCUT2D eigenvalue weighted by molar-refractivity contribution is 5.46. The maximum absolute atomic E-state index is 11.6. The summed E-state index contributed by atoms with van der Waals surface area (Å²) in [6, 6.07) is 3.98. The highest BCUT2D eigenvalue weighted by Crippen LogP contribution is 2.26. The van der Waals surface area contributed by atoms with E-state index in [9.17, 15) is 4.79 Å². The van der Waals surface area contributed by atoms with Crippen LogP contribution in [-0.2, 0) is 0 Å². The summed E-state index contributed by atoms with van der Waals surface area (Å²) in [6.45, 7) is 3.74. The van der Waals surface area contributed by atoms with Crippen molar-refractivity contribution in [2.75, 3.05) is 18.0 Å². The summed E-state index contributed by atoms with van der Waals surface area (Å²) in [5.74, 6) is 1.33. The summed E-state index contributed by atoms with van der Waals surface area (Å²) in [5, 5.41) is 10.6. The van der Waals surface area contributed by atoms with Gasteiger partial charge in [-0.2, -0.15) is 9.61 Å². The number of fused-ring (bicyclic) bond motifs is 1. The molecular weight excluding hydrogens is 244 g/mol. The van der Waals surface area contributed by atoms with Crippen LogP contribution >= 0.6 is 0 Å². The Bertz CT molecular complexity index is 632. The molecule has 2 unspecified atom stereocenters. The van der Waals surface area contributed by atoms with Crippen molar-refractivity contribution in [2.24, 2.45) is 11.7 Å². The van der Waals surface area contributed by atoms with Crippen LogP contribution in [0.2, 0.25) is 0 Å². The lowest BCUT2D eigenvalue weighted by Crippen LogP contribution is -2.49. The van der Waals surface area contributed by atoms with Crippen LogP contribution in [0.3, 0.4) is 0 Å². The van der Waals surface area contributed by atoms with Crippen molar-refractivity contribution >= 4 is 11.5 Å². The predicted octanol–water partition coefficient (Wildman–Crippen LogP) is -0.0188. The Kier molecular flexibility index (Phi) is 2.98. The van der Waals surface area contributed by atoms with Gasteiger partial charge in [0.25, 0.3) is 0 Å². The van der Waals surface area contributed by atoms with Crippen LogP contribution in [0.15, 0.2) is 16.9 Å². The fourth-order valence-corrected chi connectivity index (χ4v) is 2.84. The lowest BCUT2D eigenvalue weighted by molar-refractivity contribution is 0.347. The second-order valence-corrected chi connectivity index (χ2v) is 5.11. The topological polar surface area (TPSA) is 92.3 Å². The SMILES string of the molecule is CC1CCCN(c2ccc3n[nH]c(=O)n3n2)C1CN. The summed E-state index contributed by atoms with van der Waals surface area (Å²) in [5.41, 5.74) is 6.10. The maximum Gasteiger partial charge on any atom is 0.364 e. The molecule has 7 heteroatoms. The molecule has 0 spiro atoms. The van der Waals surface area contributed by atoms with Gasteiger partial charge < -0.3 is 10.6 Å². The van der Waals surface area contributed by atoms with E-state index >= 15 is 0 Å². The molecule has 0 saturated carbocycles. The molecule has 0 aromatic carbocycles. The molecule has 1 aliphatic heterocycles. The summed E-state index contributed by atoms with van der Waals surface area (Å²) in [4.78, 5) is 13.8. The van der Waals surface area contributed by atoms with Crippen molar-refractivity contribution < 1.29 is 0 Å². The fourth-order valence-electron chi connectivity index (χ4n) is 2.84. The Morgan fingerprint density at radius 3 is 3.16 bits per heavy atom. The van der Waals surface area contributed by atoms with Gasteiger partial charge in [-0.3, -0.25) is 0 Å². The summed E-state index contributed by atoms with van der Waals surface area (Å²) in [6.07, 6.45) is 2.31. The van der Waals surface area contributed by atoms with E-state index in [0.717, 1.165) is 18.8 Å². The van der Waals surface area contributed by atoms with E-state index in [0.29, 0.717) is 18.1 Å². The van der Waals surface area contributed by atoms with Gasteiger partial charge in [0.1, 0.15) is 5.82 Å². The molecule has 102 valence electrons. The molecule has 0 radical (unpaired) electrons. The molecule has 1 aliphatic rings. The number of aromatic nitrogens is 4. The molecule has 3 heterocycles. The molecule has 0 amide bonds. The molecule has 2 atom stereocenters. The van der Waals surface area contributed by atoms with Gasteiger partial charge in [0.15, 0.2) is 5.65 Å². The van der Waals surface area contributed by atoms with Crippen LogP contribution in [0.1, 0.15) is 19.8 Å².